The molecule has 2 unspecified atom stereocenters. The van der Waals surface area contributed by atoms with Crippen molar-refractivity contribution in [2.24, 2.45) is 0 Å². The van der Waals surface area contributed by atoms with Crippen molar-refractivity contribution < 1.29 is 46.9 Å². The second-order valence-electron chi connectivity index (χ2n) is 7.03. The van der Waals surface area contributed by atoms with E-state index in [1.165, 1.54) is 0 Å². The second-order valence-corrected chi connectivity index (χ2v) is 7.84. The highest BCUT2D eigenvalue weighted by Gasteiger charge is 2.13. The molecule has 10 nitrogen and oxygen atoms in total. The minimum absolute atomic E-state index is 0.143. The molecule has 0 aliphatic carbocycles. The molecular weight excluding hydrogens is 332 g/mol. The minimum atomic E-state index is -5.17. The zero-order valence-electron chi connectivity index (χ0n) is 14.7. The third-order valence-electron chi connectivity index (χ3n) is 1.94. The molecule has 0 saturated carbocycles. The largest absolute Gasteiger partial charge is 0.759 e. The highest BCUT2D eigenvalue weighted by atomic mass is 32.3. The molecule has 0 aliphatic heterocycles. The lowest BCUT2D eigenvalue weighted by atomic mass is 10.3. The van der Waals surface area contributed by atoms with E-state index in [2.05, 4.69) is 0 Å². The van der Waals surface area contributed by atoms with Gasteiger partial charge in [-0.1, -0.05) is 0 Å². The molecule has 0 spiro atoms. The number of aliphatic hydroxyl groups is 4. The molecule has 0 aromatic rings. The fraction of sp³-hybridized carbons (Fsp3) is 1.00. The zero-order chi connectivity index (χ0) is 19.5. The molecule has 0 rings (SSSR count). The quantitative estimate of drug-likeness (QED) is 0.217. The van der Waals surface area contributed by atoms with Gasteiger partial charge in [0, 0.05) is 10.4 Å². The van der Waals surface area contributed by atoms with Gasteiger partial charge in [0.15, 0.2) is 0 Å². The Labute approximate surface area is 139 Å². The Hall–Kier alpha value is -0.370. The van der Waals surface area contributed by atoms with Crippen molar-refractivity contribution in [1.82, 2.24) is 0 Å². The highest BCUT2D eigenvalue weighted by molar-refractivity contribution is 7.79. The van der Waals surface area contributed by atoms with Crippen LogP contribution in [0.1, 0.15) is 0 Å². The van der Waals surface area contributed by atoms with Gasteiger partial charge in [-0.2, -0.15) is 0 Å². The third kappa shape index (κ3) is 44.9. The zero-order valence-corrected chi connectivity index (χ0v) is 15.5. The average molecular weight is 364 g/mol. The number of quaternary nitrogens is 2. The van der Waals surface area contributed by atoms with E-state index in [9.17, 15) is 0 Å². The van der Waals surface area contributed by atoms with Crippen LogP contribution in [0, 0.1) is 0 Å². The van der Waals surface area contributed by atoms with Gasteiger partial charge in [0.2, 0.25) is 0 Å². The lowest BCUT2D eigenvalue weighted by Gasteiger charge is -2.25. The van der Waals surface area contributed by atoms with Crippen molar-refractivity contribution in [3.8, 4) is 0 Å². The van der Waals surface area contributed by atoms with Gasteiger partial charge < -0.3 is 38.5 Å². The SMILES string of the molecule is C[N+](C)(C)CC(O)CO.C[N+](C)(C)CC(O)CO.O=S(=O)([O-])[O-]. The first kappa shape index (κ1) is 27.5. The van der Waals surface area contributed by atoms with Crippen molar-refractivity contribution in [2.45, 2.75) is 12.2 Å². The predicted octanol–water partition coefficient (Wildman–Crippen LogP) is -3.25. The van der Waals surface area contributed by atoms with Gasteiger partial charge in [-0.3, -0.25) is 8.42 Å². The first-order valence-electron chi connectivity index (χ1n) is 6.76. The van der Waals surface area contributed by atoms with Crippen LogP contribution in [-0.2, 0) is 10.4 Å². The molecule has 0 aromatic carbocycles. The summed E-state index contributed by atoms with van der Waals surface area (Å²) in [5, 5.41) is 34.7. The Morgan fingerprint density at radius 3 is 1.00 bits per heavy atom. The molecule has 11 heteroatoms. The van der Waals surface area contributed by atoms with Crippen molar-refractivity contribution >= 4 is 10.4 Å². The number of aliphatic hydroxyl groups excluding tert-OH is 4. The Morgan fingerprint density at radius 1 is 0.783 bits per heavy atom. The minimum Gasteiger partial charge on any atom is -0.759 e. The van der Waals surface area contributed by atoms with Gasteiger partial charge in [0.25, 0.3) is 0 Å². The molecule has 0 bridgehead atoms. The van der Waals surface area contributed by atoms with E-state index in [0.717, 1.165) is 0 Å². The molecule has 4 N–H and O–H groups in total. The van der Waals surface area contributed by atoms with E-state index in [1.54, 1.807) is 0 Å². The molecule has 2 atom stereocenters. The summed E-state index contributed by atoms with van der Waals surface area (Å²) in [6.07, 6.45) is -1.16. The van der Waals surface area contributed by atoms with Crippen molar-refractivity contribution in [2.75, 3.05) is 68.6 Å². The third-order valence-corrected chi connectivity index (χ3v) is 1.94. The summed E-state index contributed by atoms with van der Waals surface area (Å²) in [5.41, 5.74) is 0. The van der Waals surface area contributed by atoms with Gasteiger partial charge in [-0.05, 0) is 0 Å². The maximum Gasteiger partial charge on any atom is 0.126 e. The van der Waals surface area contributed by atoms with E-state index in [-0.39, 0.29) is 13.2 Å². The van der Waals surface area contributed by atoms with Crippen LogP contribution in [0.25, 0.3) is 0 Å². The van der Waals surface area contributed by atoms with Gasteiger partial charge in [-0.15, -0.1) is 0 Å². The number of hydrogen-bond acceptors (Lipinski definition) is 8. The predicted molar refractivity (Wildman–Crippen MR) is 82.5 cm³/mol. The summed E-state index contributed by atoms with van der Waals surface area (Å²) in [4.78, 5) is 0. The van der Waals surface area contributed by atoms with E-state index < -0.39 is 22.6 Å². The van der Waals surface area contributed by atoms with E-state index in [4.69, 9.17) is 37.9 Å². The average Bonchev–Trinajstić information content (AvgIpc) is 2.22. The Bertz CT molecular complexity index is 346. The van der Waals surface area contributed by atoms with Gasteiger partial charge in [0.1, 0.15) is 25.3 Å². The molecule has 0 heterocycles. The Balaban J connectivity index is -0.000000273. The van der Waals surface area contributed by atoms with Crippen LogP contribution in [0.3, 0.4) is 0 Å². The fourth-order valence-corrected chi connectivity index (χ4v) is 1.38. The first-order chi connectivity index (χ1) is 9.91. The van der Waals surface area contributed by atoms with Gasteiger partial charge >= 0.3 is 0 Å². The molecular formula is C12H32N2O8S. The van der Waals surface area contributed by atoms with Gasteiger partial charge in [0.05, 0.1) is 55.5 Å². The van der Waals surface area contributed by atoms with Crippen LogP contribution < -0.4 is 0 Å². The number of hydrogen-bond donors (Lipinski definition) is 4. The molecule has 144 valence electrons. The van der Waals surface area contributed by atoms with Crippen molar-refractivity contribution in [1.29, 1.82) is 0 Å². The molecule has 0 aliphatic rings. The van der Waals surface area contributed by atoms with E-state index >= 15 is 0 Å². The summed E-state index contributed by atoms with van der Waals surface area (Å²) in [5.74, 6) is 0. The van der Waals surface area contributed by atoms with E-state index in [1.807, 2.05) is 42.3 Å². The molecule has 23 heavy (non-hydrogen) atoms. The van der Waals surface area contributed by atoms with Crippen LogP contribution >= 0.6 is 0 Å². The fourth-order valence-electron chi connectivity index (χ4n) is 1.38. The summed E-state index contributed by atoms with van der Waals surface area (Å²) < 4.78 is 35.4. The maximum atomic E-state index is 8.93. The molecule has 0 amide bonds. The second kappa shape index (κ2) is 12.1. The van der Waals surface area contributed by atoms with Crippen molar-refractivity contribution in [3.63, 3.8) is 0 Å². The Morgan fingerprint density at radius 2 is 0.957 bits per heavy atom. The standard InChI is InChI=1S/2C6H16NO2.H2O4S/c2*1-7(2,3)4-6(9)5-8;1-5(2,3)4/h2*6,8-9H,4-5H2,1-3H3;(H2,1,2,3,4)/q2*+1;/p-2. The number of likely N-dealkylation sites (N-methyl/N-ethyl adjacent to an activating group) is 2. The lowest BCUT2D eigenvalue weighted by Crippen LogP contribution is -2.42. The summed E-state index contributed by atoms with van der Waals surface area (Å²) in [7, 11) is 6.66. The van der Waals surface area contributed by atoms with E-state index in [0.29, 0.717) is 22.1 Å². The van der Waals surface area contributed by atoms with Crippen molar-refractivity contribution in [3.05, 3.63) is 0 Å². The van der Waals surface area contributed by atoms with Crippen LogP contribution in [0.4, 0.5) is 0 Å². The number of nitrogens with zero attached hydrogens (tertiary/aromatic N) is 2. The lowest BCUT2D eigenvalue weighted by molar-refractivity contribution is -0.873. The monoisotopic (exact) mass is 364 g/mol. The highest BCUT2D eigenvalue weighted by Crippen LogP contribution is 1.93. The molecule has 0 aromatic heterocycles. The normalized spacial score (nSPS) is 14.8. The number of rotatable bonds is 6. The topological polar surface area (TPSA) is 161 Å². The maximum absolute atomic E-state index is 8.93. The van der Waals surface area contributed by atoms with Crippen LogP contribution in [0.5, 0.6) is 0 Å². The molecule has 0 radical (unpaired) electrons. The first-order valence-corrected chi connectivity index (χ1v) is 8.10. The van der Waals surface area contributed by atoms with Crippen LogP contribution in [-0.4, -0.2) is 128 Å². The summed E-state index contributed by atoms with van der Waals surface area (Å²) >= 11 is 0. The smallest absolute Gasteiger partial charge is 0.126 e. The summed E-state index contributed by atoms with van der Waals surface area (Å²) in [6, 6.07) is 0. The molecule has 0 saturated heterocycles. The summed E-state index contributed by atoms with van der Waals surface area (Å²) in [6.45, 7) is 0.901. The van der Waals surface area contributed by atoms with Crippen LogP contribution in [0.15, 0.2) is 0 Å². The Kier molecular flexibility index (Phi) is 14.4. The van der Waals surface area contributed by atoms with Gasteiger partial charge in [-0.25, -0.2) is 0 Å². The van der Waals surface area contributed by atoms with Crippen LogP contribution in [0.2, 0.25) is 0 Å². The molecule has 0 fully saturated rings.